The first-order valence-electron chi connectivity index (χ1n) is 10.6. The number of carbonyl (C=O) groups excluding carboxylic acids is 2. The van der Waals surface area contributed by atoms with Gasteiger partial charge in [0.15, 0.2) is 0 Å². The molecule has 164 valence electrons. The summed E-state index contributed by atoms with van der Waals surface area (Å²) in [7, 11) is 0. The van der Waals surface area contributed by atoms with Gasteiger partial charge in [-0.25, -0.2) is 4.98 Å². The van der Waals surface area contributed by atoms with Crippen LogP contribution in [-0.4, -0.2) is 43.9 Å². The second kappa shape index (κ2) is 8.27. The van der Waals surface area contributed by atoms with Crippen LogP contribution in [0.1, 0.15) is 35.4 Å². The number of benzene rings is 1. The number of carbonyl (C=O) groups is 2. The first kappa shape index (κ1) is 20.5. The van der Waals surface area contributed by atoms with Gasteiger partial charge in [-0.05, 0) is 48.6 Å². The highest BCUT2D eigenvalue weighted by Gasteiger charge is 2.46. The van der Waals surface area contributed by atoms with Crippen molar-refractivity contribution >= 4 is 28.8 Å². The quantitative estimate of drug-likeness (QED) is 0.352. The number of ether oxygens (including phenoxy) is 1. The van der Waals surface area contributed by atoms with E-state index in [1.807, 2.05) is 47.3 Å². The molecule has 1 amide bonds. The molecule has 32 heavy (non-hydrogen) atoms. The number of fused-ring (bicyclic) bond motifs is 1. The van der Waals surface area contributed by atoms with E-state index in [9.17, 15) is 14.7 Å². The summed E-state index contributed by atoms with van der Waals surface area (Å²) in [6.07, 6.45) is 6.79. The van der Waals surface area contributed by atoms with E-state index in [-0.39, 0.29) is 17.4 Å². The van der Waals surface area contributed by atoms with Crippen LogP contribution >= 0.6 is 11.3 Å². The van der Waals surface area contributed by atoms with Gasteiger partial charge in [-0.3, -0.25) is 9.59 Å². The van der Waals surface area contributed by atoms with Crippen molar-refractivity contribution in [2.24, 2.45) is 0 Å². The van der Waals surface area contributed by atoms with Crippen molar-refractivity contribution in [1.82, 2.24) is 14.5 Å². The lowest BCUT2D eigenvalue weighted by Crippen LogP contribution is -2.31. The molecule has 1 saturated heterocycles. The summed E-state index contributed by atoms with van der Waals surface area (Å²) in [5.41, 5.74) is 1.66. The number of nitrogens with zero attached hydrogens (tertiary/aromatic N) is 3. The van der Waals surface area contributed by atoms with E-state index >= 15 is 0 Å². The van der Waals surface area contributed by atoms with Crippen LogP contribution < -0.4 is 4.74 Å². The Hall–Kier alpha value is -3.39. The second-order valence-electron chi connectivity index (χ2n) is 8.12. The number of ketones is 1. The Bertz CT molecular complexity index is 1180. The van der Waals surface area contributed by atoms with Crippen molar-refractivity contribution < 1.29 is 19.4 Å². The van der Waals surface area contributed by atoms with Gasteiger partial charge >= 0.3 is 0 Å². The summed E-state index contributed by atoms with van der Waals surface area (Å²) < 4.78 is 7.68. The molecule has 5 rings (SSSR count). The van der Waals surface area contributed by atoms with Gasteiger partial charge in [0.05, 0.1) is 17.9 Å². The van der Waals surface area contributed by atoms with Gasteiger partial charge in [0.25, 0.3) is 11.7 Å². The topological polar surface area (TPSA) is 84.7 Å². The van der Waals surface area contributed by atoms with Gasteiger partial charge < -0.3 is 19.3 Å². The molecule has 0 bridgehead atoms. The normalized spacial score (nSPS) is 21.7. The molecule has 8 heteroatoms. The highest BCUT2D eigenvalue weighted by atomic mass is 32.1. The lowest BCUT2D eigenvalue weighted by Gasteiger charge is -2.24. The van der Waals surface area contributed by atoms with Gasteiger partial charge in [-0.1, -0.05) is 6.07 Å². The number of aromatic nitrogens is 2. The van der Waals surface area contributed by atoms with Crippen LogP contribution in [0, 0.1) is 0 Å². The van der Waals surface area contributed by atoms with Gasteiger partial charge in [0.1, 0.15) is 17.6 Å². The van der Waals surface area contributed by atoms with Gasteiger partial charge in [-0.2, -0.15) is 0 Å². The van der Waals surface area contributed by atoms with E-state index < -0.39 is 17.7 Å². The average Bonchev–Trinajstić information content (AvgIpc) is 3.57. The Labute approximate surface area is 189 Å². The maximum atomic E-state index is 13.1. The van der Waals surface area contributed by atoms with E-state index in [4.69, 9.17) is 4.74 Å². The van der Waals surface area contributed by atoms with Gasteiger partial charge in [-0.15, -0.1) is 11.3 Å². The summed E-state index contributed by atoms with van der Waals surface area (Å²) in [6.45, 7) is 3.08. The lowest BCUT2D eigenvalue weighted by atomic mass is 9.98. The minimum atomic E-state index is -0.645. The fourth-order valence-electron chi connectivity index (χ4n) is 4.42. The molecule has 1 N–H and O–H groups in total. The first-order valence-corrected chi connectivity index (χ1v) is 11.5. The highest BCUT2D eigenvalue weighted by Crippen LogP contribution is 2.42. The zero-order valence-corrected chi connectivity index (χ0v) is 18.4. The van der Waals surface area contributed by atoms with Crippen molar-refractivity contribution in [3.05, 3.63) is 76.0 Å². The molecule has 2 atom stereocenters. The molecular weight excluding hydrogens is 426 g/mol. The summed E-state index contributed by atoms with van der Waals surface area (Å²) in [6, 6.07) is 8.60. The number of amides is 1. The molecule has 7 nitrogen and oxygen atoms in total. The van der Waals surface area contributed by atoms with Crippen molar-refractivity contribution in [2.45, 2.75) is 38.5 Å². The Morgan fingerprint density at radius 3 is 2.91 bits per heavy atom. The van der Waals surface area contributed by atoms with Crippen LogP contribution in [0.5, 0.6) is 5.75 Å². The number of thiophene rings is 1. The fourth-order valence-corrected chi connectivity index (χ4v) is 5.27. The molecule has 0 radical (unpaired) electrons. The zero-order chi connectivity index (χ0) is 22.2. The van der Waals surface area contributed by atoms with Crippen LogP contribution in [0.2, 0.25) is 0 Å². The summed E-state index contributed by atoms with van der Waals surface area (Å²) in [5.74, 6) is -0.563. The predicted molar refractivity (Wildman–Crippen MR) is 120 cm³/mol. The number of rotatable bonds is 6. The van der Waals surface area contributed by atoms with E-state index in [0.717, 1.165) is 22.6 Å². The van der Waals surface area contributed by atoms with Crippen molar-refractivity contribution in [1.29, 1.82) is 0 Å². The number of likely N-dealkylation sites (tertiary alicyclic amines) is 1. The van der Waals surface area contributed by atoms with Gasteiger partial charge in [0, 0.05) is 42.3 Å². The molecule has 0 saturated carbocycles. The Balaban J connectivity index is 1.49. The first-order chi connectivity index (χ1) is 15.5. The molecule has 1 aromatic carbocycles. The Kier molecular flexibility index (Phi) is 5.30. The van der Waals surface area contributed by atoms with E-state index in [2.05, 4.69) is 4.98 Å². The largest absolute Gasteiger partial charge is 0.507 e. The molecular formula is C24H23N3O4S. The van der Waals surface area contributed by atoms with Crippen LogP contribution in [0.4, 0.5) is 0 Å². The average molecular weight is 450 g/mol. The predicted octanol–water partition coefficient (Wildman–Crippen LogP) is 3.78. The molecule has 0 aliphatic carbocycles. The number of aliphatic hydroxyl groups is 1. The molecule has 2 aliphatic rings. The number of hydrogen-bond acceptors (Lipinski definition) is 6. The van der Waals surface area contributed by atoms with E-state index in [0.29, 0.717) is 25.1 Å². The van der Waals surface area contributed by atoms with E-state index in [1.165, 1.54) is 11.3 Å². The number of aliphatic hydroxyl groups excluding tert-OH is 1. The number of hydrogen-bond donors (Lipinski definition) is 1. The molecule has 1 fully saturated rings. The van der Waals surface area contributed by atoms with E-state index in [1.54, 1.807) is 23.5 Å². The van der Waals surface area contributed by atoms with Crippen LogP contribution in [0.3, 0.4) is 0 Å². The molecule has 3 aromatic rings. The monoisotopic (exact) mass is 449 g/mol. The summed E-state index contributed by atoms with van der Waals surface area (Å²) in [4.78, 5) is 32.5. The molecule has 2 aromatic heterocycles. The maximum Gasteiger partial charge on any atom is 0.295 e. The zero-order valence-electron chi connectivity index (χ0n) is 17.6. The number of Topliss-reactive ketones (excluding diaryl/α,β-unsaturated/α-hetero) is 1. The van der Waals surface area contributed by atoms with Crippen molar-refractivity contribution in [3.63, 3.8) is 0 Å². The molecule has 2 aliphatic heterocycles. The third-order valence-corrected chi connectivity index (χ3v) is 6.82. The SMILES string of the molecule is C[C@@H]1Cc2cc(/C(O)=C3\C(=O)C(=O)N(CCCn4ccnc4)[C@@H]3c3cccs3)ccc2O1. The third-order valence-electron chi connectivity index (χ3n) is 5.90. The highest BCUT2D eigenvalue weighted by molar-refractivity contribution is 7.10. The number of imidazole rings is 1. The smallest absolute Gasteiger partial charge is 0.295 e. The van der Waals surface area contributed by atoms with Crippen LogP contribution in [0.25, 0.3) is 5.76 Å². The maximum absolute atomic E-state index is 13.1. The third kappa shape index (κ3) is 3.60. The Morgan fingerprint density at radius 2 is 2.16 bits per heavy atom. The number of aryl methyl sites for hydroxylation is 1. The van der Waals surface area contributed by atoms with Crippen LogP contribution in [-0.2, 0) is 22.6 Å². The Morgan fingerprint density at radius 1 is 1.28 bits per heavy atom. The minimum absolute atomic E-state index is 0.0783. The lowest BCUT2D eigenvalue weighted by molar-refractivity contribution is -0.139. The summed E-state index contributed by atoms with van der Waals surface area (Å²) in [5, 5.41) is 13.1. The summed E-state index contributed by atoms with van der Waals surface area (Å²) >= 11 is 1.47. The molecule has 0 spiro atoms. The molecule has 0 unspecified atom stereocenters. The van der Waals surface area contributed by atoms with Crippen molar-refractivity contribution in [2.75, 3.05) is 6.54 Å². The van der Waals surface area contributed by atoms with Gasteiger partial charge in [0.2, 0.25) is 0 Å². The molecule has 4 heterocycles. The standard InChI is InChI=1S/C24H23N3O4S/c1-15-12-17-13-16(5-6-18(17)31-15)22(28)20-21(19-4-2-11-32-19)27(24(30)23(20)29)9-3-8-26-10-7-25-14-26/h2,4-7,10-11,13-15,21,28H,3,8-9,12H2,1H3/b22-20+/t15-,21-/m1/s1. The fraction of sp³-hybridized carbons (Fsp3) is 0.292. The minimum Gasteiger partial charge on any atom is -0.507 e. The van der Waals surface area contributed by atoms with Crippen LogP contribution in [0.15, 0.2) is 60.0 Å². The second-order valence-corrected chi connectivity index (χ2v) is 9.10. The van der Waals surface area contributed by atoms with Crippen molar-refractivity contribution in [3.8, 4) is 5.75 Å².